The highest BCUT2D eigenvalue weighted by molar-refractivity contribution is 9.10. The van der Waals surface area contributed by atoms with E-state index in [-0.39, 0.29) is 11.5 Å². The zero-order valence-electron chi connectivity index (χ0n) is 8.36. The minimum Gasteiger partial charge on any atom is -0.487 e. The van der Waals surface area contributed by atoms with Crippen molar-refractivity contribution in [1.82, 2.24) is 0 Å². The summed E-state index contributed by atoms with van der Waals surface area (Å²) in [6, 6.07) is 4.17. The van der Waals surface area contributed by atoms with Crippen molar-refractivity contribution in [3.05, 3.63) is 33.2 Å². The van der Waals surface area contributed by atoms with E-state index < -0.39 is 10.0 Å². The van der Waals surface area contributed by atoms with E-state index in [1.807, 2.05) is 0 Å². The molecule has 0 aromatic heterocycles. The summed E-state index contributed by atoms with van der Waals surface area (Å²) < 4.78 is 27.9. The van der Waals surface area contributed by atoms with Crippen LogP contribution in [0.5, 0.6) is 5.75 Å². The standard InChI is InChI=1S/C9H8BrCl2NO3S/c10-8-3-7(17(13,14)15)1-2-9(8)16-5-6(12)4-11/h1-4H,5H2,(H2,13,14,15)/b6-4-. The molecule has 1 aromatic carbocycles. The average Bonchev–Trinajstić information content (AvgIpc) is 2.25. The number of rotatable bonds is 4. The van der Waals surface area contributed by atoms with E-state index in [2.05, 4.69) is 15.9 Å². The predicted octanol–water partition coefficient (Wildman–Crippen LogP) is 2.79. The largest absolute Gasteiger partial charge is 0.487 e. The van der Waals surface area contributed by atoms with Gasteiger partial charge in [0, 0.05) is 5.54 Å². The fourth-order valence-corrected chi connectivity index (χ4v) is 2.26. The van der Waals surface area contributed by atoms with Crippen molar-refractivity contribution in [3.63, 3.8) is 0 Å². The summed E-state index contributed by atoms with van der Waals surface area (Å²) >= 11 is 14.2. The van der Waals surface area contributed by atoms with Crippen molar-refractivity contribution in [3.8, 4) is 5.75 Å². The number of primary sulfonamides is 1. The van der Waals surface area contributed by atoms with E-state index in [4.69, 9.17) is 33.1 Å². The summed E-state index contributed by atoms with van der Waals surface area (Å²) in [4.78, 5) is -0.00397. The van der Waals surface area contributed by atoms with Crippen molar-refractivity contribution in [1.29, 1.82) is 0 Å². The lowest BCUT2D eigenvalue weighted by Crippen LogP contribution is -2.12. The molecular formula is C9H8BrCl2NO3S. The van der Waals surface area contributed by atoms with Crippen LogP contribution in [0, 0.1) is 0 Å². The maximum atomic E-state index is 11.1. The number of benzene rings is 1. The van der Waals surface area contributed by atoms with Crippen LogP contribution in [0.4, 0.5) is 0 Å². The Balaban J connectivity index is 2.91. The lowest BCUT2D eigenvalue weighted by atomic mass is 10.3. The number of hydrogen-bond acceptors (Lipinski definition) is 3. The third-order valence-electron chi connectivity index (χ3n) is 1.72. The summed E-state index contributed by atoms with van der Waals surface area (Å²) in [5.74, 6) is 0.439. The molecule has 0 bridgehead atoms. The van der Waals surface area contributed by atoms with Crippen molar-refractivity contribution in [2.45, 2.75) is 4.90 Å². The van der Waals surface area contributed by atoms with Crippen LogP contribution in [0.15, 0.2) is 38.1 Å². The first kappa shape index (κ1) is 14.8. The second-order valence-electron chi connectivity index (χ2n) is 2.98. The molecule has 17 heavy (non-hydrogen) atoms. The van der Waals surface area contributed by atoms with Crippen molar-refractivity contribution in [2.24, 2.45) is 5.14 Å². The molecule has 4 nitrogen and oxygen atoms in total. The SMILES string of the molecule is NS(=O)(=O)c1ccc(OC/C(Cl)=C/Cl)c(Br)c1. The van der Waals surface area contributed by atoms with Crippen LogP contribution in [0.3, 0.4) is 0 Å². The summed E-state index contributed by atoms with van der Waals surface area (Å²) in [7, 11) is -3.72. The van der Waals surface area contributed by atoms with Crippen LogP contribution in [0.1, 0.15) is 0 Å². The van der Waals surface area contributed by atoms with Crippen LogP contribution < -0.4 is 9.88 Å². The maximum Gasteiger partial charge on any atom is 0.238 e. The first-order chi connectivity index (χ1) is 7.84. The number of sulfonamides is 1. The molecule has 1 aromatic rings. The summed E-state index contributed by atoms with van der Waals surface area (Å²) in [5.41, 5.74) is 1.19. The topological polar surface area (TPSA) is 69.4 Å². The Morgan fingerprint density at radius 3 is 2.65 bits per heavy atom. The Hall–Kier alpha value is -0.270. The minimum absolute atomic E-state index is 0.00397. The monoisotopic (exact) mass is 359 g/mol. The molecule has 0 radical (unpaired) electrons. The maximum absolute atomic E-state index is 11.1. The smallest absolute Gasteiger partial charge is 0.238 e. The highest BCUT2D eigenvalue weighted by Gasteiger charge is 2.11. The van der Waals surface area contributed by atoms with Gasteiger partial charge < -0.3 is 4.74 Å². The van der Waals surface area contributed by atoms with Gasteiger partial charge in [0.15, 0.2) is 0 Å². The van der Waals surface area contributed by atoms with E-state index >= 15 is 0 Å². The summed E-state index contributed by atoms with van der Waals surface area (Å²) in [6.07, 6.45) is 0. The molecule has 0 aliphatic carbocycles. The number of ether oxygens (including phenoxy) is 1. The molecule has 0 fully saturated rings. The van der Waals surface area contributed by atoms with Crippen LogP contribution in [-0.2, 0) is 10.0 Å². The second-order valence-corrected chi connectivity index (χ2v) is 6.10. The highest BCUT2D eigenvalue weighted by atomic mass is 79.9. The van der Waals surface area contributed by atoms with Crippen molar-refractivity contribution in [2.75, 3.05) is 6.61 Å². The molecule has 94 valence electrons. The molecule has 0 aliphatic heterocycles. The highest BCUT2D eigenvalue weighted by Crippen LogP contribution is 2.28. The number of halogens is 3. The lowest BCUT2D eigenvalue weighted by molar-refractivity contribution is 0.357. The van der Waals surface area contributed by atoms with Gasteiger partial charge in [0.2, 0.25) is 10.0 Å². The second kappa shape index (κ2) is 6.06. The third kappa shape index (κ3) is 4.48. The van der Waals surface area contributed by atoms with Crippen LogP contribution in [0.2, 0.25) is 0 Å². The average molecular weight is 361 g/mol. The van der Waals surface area contributed by atoms with Gasteiger partial charge in [-0.1, -0.05) is 23.2 Å². The van der Waals surface area contributed by atoms with Gasteiger partial charge in [0.05, 0.1) is 14.4 Å². The summed E-state index contributed by atoms with van der Waals surface area (Å²) in [5, 5.41) is 5.31. The quantitative estimate of drug-likeness (QED) is 0.897. The van der Waals surface area contributed by atoms with E-state index in [9.17, 15) is 8.42 Å². The van der Waals surface area contributed by atoms with Gasteiger partial charge in [-0.25, -0.2) is 13.6 Å². The molecule has 0 spiro atoms. The number of nitrogens with two attached hydrogens (primary N) is 1. The van der Waals surface area contributed by atoms with Crippen LogP contribution in [-0.4, -0.2) is 15.0 Å². The van der Waals surface area contributed by atoms with Crippen molar-refractivity contribution < 1.29 is 13.2 Å². The Bertz CT molecular complexity index is 545. The molecule has 0 saturated heterocycles. The Kier molecular flexibility index (Phi) is 5.27. The molecule has 0 unspecified atom stereocenters. The van der Waals surface area contributed by atoms with Gasteiger partial charge in [-0.05, 0) is 34.1 Å². The van der Waals surface area contributed by atoms with Gasteiger partial charge in [-0.15, -0.1) is 0 Å². The molecular weight excluding hydrogens is 353 g/mol. The molecule has 0 heterocycles. The lowest BCUT2D eigenvalue weighted by Gasteiger charge is -2.08. The molecule has 1 rings (SSSR count). The van der Waals surface area contributed by atoms with E-state index in [1.165, 1.54) is 23.7 Å². The van der Waals surface area contributed by atoms with Gasteiger partial charge >= 0.3 is 0 Å². The zero-order chi connectivity index (χ0) is 13.1. The molecule has 8 heteroatoms. The van der Waals surface area contributed by atoms with E-state index in [1.54, 1.807) is 0 Å². The van der Waals surface area contributed by atoms with Gasteiger partial charge in [-0.3, -0.25) is 0 Å². The normalized spacial score (nSPS) is 12.6. The molecule has 0 saturated carbocycles. The van der Waals surface area contributed by atoms with Gasteiger partial charge in [-0.2, -0.15) is 0 Å². The molecule has 2 N–H and O–H groups in total. The predicted molar refractivity (Wildman–Crippen MR) is 70.8 cm³/mol. The third-order valence-corrected chi connectivity index (χ3v) is 3.84. The molecule has 0 amide bonds. The van der Waals surface area contributed by atoms with Crippen molar-refractivity contribution >= 4 is 49.2 Å². The number of hydrogen-bond donors (Lipinski definition) is 1. The van der Waals surface area contributed by atoms with Crippen LogP contribution in [0.25, 0.3) is 0 Å². The van der Waals surface area contributed by atoms with Crippen LogP contribution >= 0.6 is 39.1 Å². The Labute approximate surface area is 118 Å². The Morgan fingerprint density at radius 2 is 2.18 bits per heavy atom. The van der Waals surface area contributed by atoms with Gasteiger partial charge in [0.1, 0.15) is 12.4 Å². The molecule has 0 aliphatic rings. The molecule has 0 atom stereocenters. The first-order valence-electron chi connectivity index (χ1n) is 4.24. The van der Waals surface area contributed by atoms with E-state index in [0.29, 0.717) is 15.3 Å². The first-order valence-corrected chi connectivity index (χ1v) is 7.40. The van der Waals surface area contributed by atoms with Gasteiger partial charge in [0.25, 0.3) is 0 Å². The summed E-state index contributed by atoms with van der Waals surface area (Å²) in [6.45, 7) is 0.0956. The minimum atomic E-state index is -3.72. The zero-order valence-corrected chi connectivity index (χ0v) is 12.3. The fourth-order valence-electron chi connectivity index (χ4n) is 0.954. The fraction of sp³-hybridized carbons (Fsp3) is 0.111. The van der Waals surface area contributed by atoms with E-state index in [0.717, 1.165) is 0 Å². The Morgan fingerprint density at radius 1 is 1.53 bits per heavy atom.